The fraction of sp³-hybridized carbons (Fsp3) is 0.636. The van der Waals surface area contributed by atoms with Crippen molar-refractivity contribution in [1.82, 2.24) is 14.7 Å². The van der Waals surface area contributed by atoms with Crippen molar-refractivity contribution in [3.05, 3.63) is 53.7 Å². The number of piperidine rings is 2. The number of rotatable bonds is 7. The van der Waals surface area contributed by atoms with Gasteiger partial charge in [0.2, 0.25) is 5.91 Å². The maximum Gasteiger partial charge on any atom is 0.255 e. The third kappa shape index (κ3) is 6.95. The Morgan fingerprint density at radius 2 is 1.59 bits per heavy atom. The molecule has 3 aliphatic heterocycles. The Morgan fingerprint density at radius 3 is 2.28 bits per heavy atom. The largest absolute Gasteiger partial charge is 0.388 e. The average Bonchev–Trinajstić information content (AvgIpc) is 2.98. The Hall–Kier alpha value is -2.60. The summed E-state index contributed by atoms with van der Waals surface area (Å²) in [5.41, 5.74) is 1.91. The molecule has 3 heterocycles. The van der Waals surface area contributed by atoms with Gasteiger partial charge in [-0.2, -0.15) is 0 Å². The molecule has 212 valence electrons. The highest BCUT2D eigenvalue weighted by atomic mass is 16.3. The number of β-amino-alcohol motifs (C(OH)–C–C–N with tert-alkyl or cyclic N) is 1. The van der Waals surface area contributed by atoms with Crippen LogP contribution in [0.15, 0.2) is 48.2 Å². The van der Waals surface area contributed by atoms with Crippen molar-refractivity contribution in [3.63, 3.8) is 0 Å². The summed E-state index contributed by atoms with van der Waals surface area (Å²) in [7, 11) is 0. The smallest absolute Gasteiger partial charge is 0.255 e. The van der Waals surface area contributed by atoms with Crippen molar-refractivity contribution >= 4 is 17.4 Å². The summed E-state index contributed by atoms with van der Waals surface area (Å²) in [4.78, 5) is 32.9. The molecule has 1 N–H and O–H groups in total. The molecule has 0 radical (unpaired) electrons. The van der Waals surface area contributed by atoms with E-state index in [4.69, 9.17) is 0 Å². The zero-order valence-corrected chi connectivity index (χ0v) is 23.8. The molecular weight excluding hydrogens is 486 g/mol. The number of hydrogen-bond donors (Lipinski definition) is 1. The lowest BCUT2D eigenvalue weighted by Crippen LogP contribution is -2.52. The maximum absolute atomic E-state index is 13.7. The predicted octanol–water partition coefficient (Wildman–Crippen LogP) is 5.24. The normalized spacial score (nSPS) is 23.2. The number of carbonyl (C=O) groups excluding carboxylic acids is 2. The fourth-order valence-corrected chi connectivity index (χ4v) is 7.08. The van der Waals surface area contributed by atoms with Gasteiger partial charge in [0.05, 0.1) is 11.2 Å². The molecule has 1 aliphatic carbocycles. The number of amides is 2. The quantitative estimate of drug-likeness (QED) is 0.521. The van der Waals surface area contributed by atoms with E-state index >= 15 is 0 Å². The lowest BCUT2D eigenvalue weighted by molar-refractivity contribution is -0.140. The van der Waals surface area contributed by atoms with Crippen LogP contribution in [-0.2, 0) is 9.59 Å². The SMILES string of the molecule is C[C@H](CC1CCCCC1)C(=O)N1CCC(O)(CN2C=C(C(=O)N3CCCCC3)C(c3ccccc3)=CC2)CC1. The van der Waals surface area contributed by atoms with Crippen molar-refractivity contribution in [3.8, 4) is 0 Å². The second-order valence-corrected chi connectivity index (χ2v) is 12.5. The Balaban J connectivity index is 1.21. The molecule has 0 aromatic heterocycles. The van der Waals surface area contributed by atoms with Crippen LogP contribution in [0.2, 0.25) is 0 Å². The van der Waals surface area contributed by atoms with E-state index in [-0.39, 0.29) is 17.7 Å². The average molecular weight is 534 g/mol. The van der Waals surface area contributed by atoms with Crippen molar-refractivity contribution < 1.29 is 14.7 Å². The third-order valence-electron chi connectivity index (χ3n) is 9.43. The molecule has 6 heteroatoms. The Labute approximate surface area is 234 Å². The molecular formula is C33H47N3O3. The van der Waals surface area contributed by atoms with Crippen LogP contribution in [0.3, 0.4) is 0 Å². The van der Waals surface area contributed by atoms with Crippen LogP contribution in [-0.4, -0.2) is 76.5 Å². The molecule has 4 aliphatic rings. The van der Waals surface area contributed by atoms with E-state index in [9.17, 15) is 14.7 Å². The van der Waals surface area contributed by atoms with Crippen molar-refractivity contribution in [2.24, 2.45) is 11.8 Å². The van der Waals surface area contributed by atoms with Gasteiger partial charge < -0.3 is 19.8 Å². The molecule has 39 heavy (non-hydrogen) atoms. The van der Waals surface area contributed by atoms with Crippen LogP contribution in [0.5, 0.6) is 0 Å². The van der Waals surface area contributed by atoms with Gasteiger partial charge in [0.1, 0.15) is 0 Å². The highest BCUT2D eigenvalue weighted by Crippen LogP contribution is 2.33. The molecule has 1 aromatic carbocycles. The molecule has 0 unspecified atom stereocenters. The molecule has 5 rings (SSSR count). The van der Waals surface area contributed by atoms with Gasteiger partial charge in [-0.1, -0.05) is 75.4 Å². The van der Waals surface area contributed by atoms with E-state index in [0.29, 0.717) is 44.9 Å². The van der Waals surface area contributed by atoms with Gasteiger partial charge in [-0.25, -0.2) is 0 Å². The Morgan fingerprint density at radius 1 is 0.923 bits per heavy atom. The summed E-state index contributed by atoms with van der Waals surface area (Å²) in [6.45, 7) is 6.05. The zero-order valence-electron chi connectivity index (χ0n) is 23.8. The predicted molar refractivity (Wildman–Crippen MR) is 156 cm³/mol. The van der Waals surface area contributed by atoms with E-state index in [1.165, 1.54) is 38.5 Å². The number of nitrogens with zero attached hydrogens (tertiary/aromatic N) is 3. The van der Waals surface area contributed by atoms with Gasteiger partial charge >= 0.3 is 0 Å². The number of carbonyl (C=O) groups is 2. The monoisotopic (exact) mass is 533 g/mol. The third-order valence-corrected chi connectivity index (χ3v) is 9.43. The van der Waals surface area contributed by atoms with E-state index in [0.717, 1.165) is 49.1 Å². The molecule has 1 saturated carbocycles. The van der Waals surface area contributed by atoms with E-state index in [1.807, 2.05) is 34.2 Å². The molecule has 2 saturated heterocycles. The van der Waals surface area contributed by atoms with Gasteiger partial charge in [-0.05, 0) is 55.6 Å². The molecule has 2 amide bonds. The first-order valence-corrected chi connectivity index (χ1v) is 15.4. The maximum atomic E-state index is 13.7. The lowest BCUT2D eigenvalue weighted by Gasteiger charge is -2.42. The van der Waals surface area contributed by atoms with Crippen LogP contribution in [0.1, 0.15) is 83.1 Å². The number of benzene rings is 1. The van der Waals surface area contributed by atoms with E-state index < -0.39 is 5.60 Å². The van der Waals surface area contributed by atoms with Crippen LogP contribution < -0.4 is 0 Å². The number of likely N-dealkylation sites (tertiary alicyclic amines) is 2. The first kappa shape index (κ1) is 27.9. The molecule has 0 spiro atoms. The second kappa shape index (κ2) is 12.7. The minimum Gasteiger partial charge on any atom is -0.388 e. The van der Waals surface area contributed by atoms with Crippen LogP contribution in [0.25, 0.3) is 5.57 Å². The van der Waals surface area contributed by atoms with Crippen LogP contribution >= 0.6 is 0 Å². The molecule has 3 fully saturated rings. The molecule has 1 aromatic rings. The van der Waals surface area contributed by atoms with Crippen molar-refractivity contribution in [2.75, 3.05) is 39.3 Å². The number of aliphatic hydroxyl groups is 1. The standard InChI is InChI=1S/C33H47N3O3/c1-26(23-27-11-5-2-6-12-27)31(37)36-21-16-33(39,17-22-36)25-34-20-15-29(28-13-7-3-8-14-28)30(24-34)32(38)35-18-9-4-10-19-35/h3,7-8,13-15,24,26-27,39H,2,4-6,9-12,16-23,25H2,1H3/t26-/m1/s1. The molecule has 6 nitrogen and oxygen atoms in total. The minimum atomic E-state index is -0.864. The number of hydrogen-bond acceptors (Lipinski definition) is 4. The van der Waals surface area contributed by atoms with Gasteiger partial charge in [0, 0.05) is 51.4 Å². The second-order valence-electron chi connectivity index (χ2n) is 12.5. The summed E-state index contributed by atoms with van der Waals surface area (Å²) < 4.78 is 0. The van der Waals surface area contributed by atoms with Crippen LogP contribution in [0, 0.1) is 11.8 Å². The minimum absolute atomic E-state index is 0.0641. The molecule has 0 bridgehead atoms. The Kier molecular flexibility index (Phi) is 9.11. The highest BCUT2D eigenvalue weighted by molar-refractivity contribution is 6.09. The van der Waals surface area contributed by atoms with Crippen molar-refractivity contribution in [2.45, 2.75) is 83.2 Å². The van der Waals surface area contributed by atoms with Gasteiger partial charge in [0.25, 0.3) is 5.91 Å². The summed E-state index contributed by atoms with van der Waals surface area (Å²) in [5.74, 6) is 1.11. The van der Waals surface area contributed by atoms with E-state index in [2.05, 4.69) is 30.0 Å². The lowest BCUT2D eigenvalue weighted by atomic mass is 9.82. The van der Waals surface area contributed by atoms with Gasteiger partial charge in [-0.15, -0.1) is 0 Å². The van der Waals surface area contributed by atoms with E-state index in [1.54, 1.807) is 0 Å². The summed E-state index contributed by atoms with van der Waals surface area (Å²) in [5, 5.41) is 11.6. The van der Waals surface area contributed by atoms with Crippen LogP contribution in [0.4, 0.5) is 0 Å². The first-order valence-electron chi connectivity index (χ1n) is 15.4. The molecule has 1 atom stereocenters. The Bertz CT molecular complexity index is 1050. The topological polar surface area (TPSA) is 64.1 Å². The summed E-state index contributed by atoms with van der Waals surface area (Å²) in [6, 6.07) is 10.2. The van der Waals surface area contributed by atoms with Gasteiger partial charge in [0.15, 0.2) is 0 Å². The zero-order chi connectivity index (χ0) is 27.2. The summed E-state index contributed by atoms with van der Waals surface area (Å²) in [6.07, 6.45) is 16.1. The first-order chi connectivity index (χ1) is 18.9. The van der Waals surface area contributed by atoms with Crippen molar-refractivity contribution in [1.29, 1.82) is 0 Å². The summed E-state index contributed by atoms with van der Waals surface area (Å²) >= 11 is 0. The highest BCUT2D eigenvalue weighted by Gasteiger charge is 2.37. The van der Waals surface area contributed by atoms with Gasteiger partial charge in [-0.3, -0.25) is 9.59 Å². The fourth-order valence-electron chi connectivity index (χ4n) is 7.08.